The Kier molecular flexibility index (Phi) is 6.14. The van der Waals surface area contributed by atoms with Crippen LogP contribution in [0.1, 0.15) is 39.0 Å². The molecule has 0 amide bonds. The van der Waals surface area contributed by atoms with E-state index < -0.39 is 0 Å². The van der Waals surface area contributed by atoms with E-state index in [0.29, 0.717) is 5.78 Å². The van der Waals surface area contributed by atoms with E-state index in [-0.39, 0.29) is 0 Å². The molecule has 0 rings (SSSR count). The number of ketones is 1. The maximum Gasteiger partial charge on any atom is 0.132 e. The summed E-state index contributed by atoms with van der Waals surface area (Å²) in [4.78, 5) is 10.9. The van der Waals surface area contributed by atoms with Gasteiger partial charge in [-0.2, -0.15) is 0 Å². The zero-order chi connectivity index (χ0) is 7.82. The molecule has 0 aliphatic heterocycles. The van der Waals surface area contributed by atoms with Crippen LogP contribution in [0.4, 0.5) is 0 Å². The Labute approximate surface area is 63.1 Å². The number of carbonyl (C=O) groups is 1. The molecule has 1 heteroatoms. The molecule has 1 nitrogen and oxygen atoms in total. The summed E-state index contributed by atoms with van der Waals surface area (Å²) < 4.78 is 0. The minimum Gasteiger partial charge on any atom is -0.300 e. The van der Waals surface area contributed by atoms with Crippen molar-refractivity contribution in [3.05, 3.63) is 12.7 Å². The average molecular weight is 140 g/mol. The van der Waals surface area contributed by atoms with E-state index in [1.165, 1.54) is 0 Å². The molecule has 0 spiro atoms. The van der Waals surface area contributed by atoms with Crippen molar-refractivity contribution in [1.82, 2.24) is 0 Å². The fourth-order valence-electron chi connectivity index (χ4n) is 0.847. The quantitative estimate of drug-likeness (QED) is 0.409. The van der Waals surface area contributed by atoms with Gasteiger partial charge in [-0.1, -0.05) is 13.0 Å². The molecule has 0 aliphatic carbocycles. The average Bonchev–Trinajstić information content (AvgIpc) is 1.89. The summed E-state index contributed by atoms with van der Waals surface area (Å²) in [6.07, 6.45) is 6.26. The van der Waals surface area contributed by atoms with Crippen LogP contribution in [-0.4, -0.2) is 5.78 Å². The van der Waals surface area contributed by atoms with Gasteiger partial charge in [-0.3, -0.25) is 4.79 Å². The lowest BCUT2D eigenvalue weighted by Crippen LogP contribution is -1.95. The van der Waals surface area contributed by atoms with Crippen LogP contribution >= 0.6 is 0 Å². The Morgan fingerprint density at radius 2 is 2.20 bits per heavy atom. The van der Waals surface area contributed by atoms with Gasteiger partial charge in [0.1, 0.15) is 5.78 Å². The van der Waals surface area contributed by atoms with Gasteiger partial charge < -0.3 is 0 Å². The van der Waals surface area contributed by atoms with Crippen molar-refractivity contribution in [2.24, 2.45) is 0 Å². The standard InChI is InChI=1S/C9H16O/c1-3-5-6-8-9(10)7-4-2/h3H,1,4-8H2,2H3. The summed E-state index contributed by atoms with van der Waals surface area (Å²) in [6.45, 7) is 5.63. The zero-order valence-electron chi connectivity index (χ0n) is 6.73. The highest BCUT2D eigenvalue weighted by Crippen LogP contribution is 2.00. The smallest absolute Gasteiger partial charge is 0.132 e. The topological polar surface area (TPSA) is 17.1 Å². The van der Waals surface area contributed by atoms with Crippen LogP contribution in [0.5, 0.6) is 0 Å². The van der Waals surface area contributed by atoms with E-state index in [4.69, 9.17) is 0 Å². The second-order valence-corrected chi connectivity index (χ2v) is 2.47. The van der Waals surface area contributed by atoms with Crippen LogP contribution in [0.2, 0.25) is 0 Å². The van der Waals surface area contributed by atoms with Crippen molar-refractivity contribution >= 4 is 5.78 Å². The van der Waals surface area contributed by atoms with Gasteiger partial charge in [-0.25, -0.2) is 0 Å². The molecule has 0 aliphatic rings. The molecular formula is C9H16O. The third-order valence-corrected chi connectivity index (χ3v) is 1.39. The summed E-state index contributed by atoms with van der Waals surface area (Å²) in [5, 5.41) is 0. The predicted octanol–water partition coefficient (Wildman–Crippen LogP) is 2.71. The van der Waals surface area contributed by atoms with Crippen LogP contribution in [-0.2, 0) is 4.79 Å². The largest absolute Gasteiger partial charge is 0.300 e. The van der Waals surface area contributed by atoms with Crippen molar-refractivity contribution in [2.45, 2.75) is 39.0 Å². The summed E-state index contributed by atoms with van der Waals surface area (Å²) >= 11 is 0. The van der Waals surface area contributed by atoms with E-state index in [1.807, 2.05) is 13.0 Å². The SMILES string of the molecule is C=CCCCC(=O)CCC. The van der Waals surface area contributed by atoms with Crippen LogP contribution in [0.15, 0.2) is 12.7 Å². The molecule has 0 atom stereocenters. The van der Waals surface area contributed by atoms with Crippen LogP contribution < -0.4 is 0 Å². The minimum atomic E-state index is 0.393. The van der Waals surface area contributed by atoms with Gasteiger partial charge in [-0.15, -0.1) is 6.58 Å². The summed E-state index contributed by atoms with van der Waals surface area (Å²) in [5.41, 5.74) is 0. The molecule has 0 saturated carbocycles. The molecule has 0 aromatic rings. The highest BCUT2D eigenvalue weighted by molar-refractivity contribution is 5.78. The molecular weight excluding hydrogens is 124 g/mol. The summed E-state index contributed by atoms with van der Waals surface area (Å²) in [5.74, 6) is 0.393. The summed E-state index contributed by atoms with van der Waals surface area (Å²) in [7, 11) is 0. The van der Waals surface area contributed by atoms with E-state index in [9.17, 15) is 4.79 Å². The molecule has 10 heavy (non-hydrogen) atoms. The van der Waals surface area contributed by atoms with Gasteiger partial charge in [0, 0.05) is 12.8 Å². The number of allylic oxidation sites excluding steroid dienone is 1. The maximum atomic E-state index is 10.9. The van der Waals surface area contributed by atoms with E-state index >= 15 is 0 Å². The van der Waals surface area contributed by atoms with E-state index in [2.05, 4.69) is 6.58 Å². The predicted molar refractivity (Wildman–Crippen MR) is 44.0 cm³/mol. The number of Topliss-reactive ketones (excluding diaryl/α,β-unsaturated/α-hetero) is 1. The summed E-state index contributed by atoms with van der Waals surface area (Å²) in [6, 6.07) is 0. The van der Waals surface area contributed by atoms with Crippen molar-refractivity contribution in [3.8, 4) is 0 Å². The fourth-order valence-corrected chi connectivity index (χ4v) is 0.847. The fraction of sp³-hybridized carbons (Fsp3) is 0.667. The molecule has 0 unspecified atom stereocenters. The molecule has 0 radical (unpaired) electrons. The third kappa shape index (κ3) is 5.54. The van der Waals surface area contributed by atoms with E-state index in [0.717, 1.165) is 32.1 Å². The van der Waals surface area contributed by atoms with Crippen LogP contribution in [0, 0.1) is 0 Å². The van der Waals surface area contributed by atoms with Crippen molar-refractivity contribution in [1.29, 1.82) is 0 Å². The number of carbonyl (C=O) groups excluding carboxylic acids is 1. The second-order valence-electron chi connectivity index (χ2n) is 2.47. The van der Waals surface area contributed by atoms with Gasteiger partial charge in [0.2, 0.25) is 0 Å². The molecule has 0 N–H and O–H groups in total. The van der Waals surface area contributed by atoms with E-state index in [1.54, 1.807) is 0 Å². The van der Waals surface area contributed by atoms with Gasteiger partial charge in [0.15, 0.2) is 0 Å². The van der Waals surface area contributed by atoms with Gasteiger partial charge in [0.25, 0.3) is 0 Å². The Hall–Kier alpha value is -0.590. The number of unbranched alkanes of at least 4 members (excludes halogenated alkanes) is 1. The Morgan fingerprint density at radius 3 is 2.70 bits per heavy atom. The molecule has 0 heterocycles. The molecule has 0 aromatic carbocycles. The molecule has 0 fully saturated rings. The molecule has 0 bridgehead atoms. The first-order valence-electron chi connectivity index (χ1n) is 3.93. The lowest BCUT2D eigenvalue weighted by Gasteiger charge is -1.94. The first kappa shape index (κ1) is 9.41. The highest BCUT2D eigenvalue weighted by atomic mass is 16.1. The van der Waals surface area contributed by atoms with Crippen LogP contribution in [0.3, 0.4) is 0 Å². The first-order chi connectivity index (χ1) is 4.81. The minimum absolute atomic E-state index is 0.393. The number of hydrogen-bond donors (Lipinski definition) is 0. The lowest BCUT2D eigenvalue weighted by atomic mass is 10.1. The molecule has 0 aromatic heterocycles. The second kappa shape index (κ2) is 6.53. The normalized spacial score (nSPS) is 9.30. The monoisotopic (exact) mass is 140 g/mol. The van der Waals surface area contributed by atoms with Crippen molar-refractivity contribution < 1.29 is 4.79 Å². The molecule has 0 saturated heterocycles. The maximum absolute atomic E-state index is 10.9. The van der Waals surface area contributed by atoms with Crippen molar-refractivity contribution in [3.63, 3.8) is 0 Å². The number of hydrogen-bond acceptors (Lipinski definition) is 1. The highest BCUT2D eigenvalue weighted by Gasteiger charge is 1.97. The van der Waals surface area contributed by atoms with Crippen LogP contribution in [0.25, 0.3) is 0 Å². The lowest BCUT2D eigenvalue weighted by molar-refractivity contribution is -0.119. The number of rotatable bonds is 6. The third-order valence-electron chi connectivity index (χ3n) is 1.39. The first-order valence-corrected chi connectivity index (χ1v) is 3.93. The van der Waals surface area contributed by atoms with Gasteiger partial charge in [-0.05, 0) is 19.3 Å². The Morgan fingerprint density at radius 1 is 1.50 bits per heavy atom. The molecule has 58 valence electrons. The van der Waals surface area contributed by atoms with Gasteiger partial charge in [0.05, 0.1) is 0 Å². The Balaban J connectivity index is 3.13. The van der Waals surface area contributed by atoms with Gasteiger partial charge >= 0.3 is 0 Å². The zero-order valence-corrected chi connectivity index (χ0v) is 6.73. The Bertz CT molecular complexity index is 105. The van der Waals surface area contributed by atoms with Crippen molar-refractivity contribution in [2.75, 3.05) is 0 Å².